The van der Waals surface area contributed by atoms with Crippen molar-refractivity contribution in [1.29, 1.82) is 5.41 Å². The molecule has 2 atom stereocenters. The molecule has 0 saturated carbocycles. The topological polar surface area (TPSA) is 111 Å². The van der Waals surface area contributed by atoms with Crippen molar-refractivity contribution in [3.05, 3.63) is 42.1 Å². The van der Waals surface area contributed by atoms with E-state index in [4.69, 9.17) is 11.1 Å². The van der Waals surface area contributed by atoms with Crippen LogP contribution in [0.1, 0.15) is 31.2 Å². The molecule has 2 bridgehead atoms. The summed E-state index contributed by atoms with van der Waals surface area (Å²) < 4.78 is 0. The lowest BCUT2D eigenvalue weighted by atomic mass is 9.98. The predicted molar refractivity (Wildman–Crippen MR) is 111 cm³/mol. The van der Waals surface area contributed by atoms with Crippen molar-refractivity contribution >= 4 is 17.6 Å². The SMILES string of the molecule is CN(c1ccc(-c2ccc(C(C=N)=CN)cc2O)nn1)C1CC2CCC(C1)N2. The summed E-state index contributed by atoms with van der Waals surface area (Å²) in [4.78, 5) is 2.23. The largest absolute Gasteiger partial charge is 0.507 e. The summed E-state index contributed by atoms with van der Waals surface area (Å²) >= 11 is 0. The van der Waals surface area contributed by atoms with Gasteiger partial charge in [0.1, 0.15) is 5.75 Å². The van der Waals surface area contributed by atoms with E-state index in [9.17, 15) is 5.11 Å². The van der Waals surface area contributed by atoms with E-state index in [2.05, 4.69) is 27.5 Å². The van der Waals surface area contributed by atoms with Crippen LogP contribution in [-0.4, -0.2) is 46.7 Å². The van der Waals surface area contributed by atoms with Gasteiger partial charge in [-0.05, 0) is 55.5 Å². The predicted octanol–water partition coefficient (Wildman–Crippen LogP) is 2.52. The maximum absolute atomic E-state index is 10.4. The molecule has 1 aromatic carbocycles. The molecule has 4 rings (SSSR count). The van der Waals surface area contributed by atoms with Gasteiger partial charge < -0.3 is 26.5 Å². The van der Waals surface area contributed by atoms with E-state index >= 15 is 0 Å². The first-order valence-electron chi connectivity index (χ1n) is 9.67. The van der Waals surface area contributed by atoms with E-state index in [1.54, 1.807) is 12.1 Å². The number of nitrogens with zero attached hydrogens (tertiary/aromatic N) is 3. The Morgan fingerprint density at radius 2 is 1.96 bits per heavy atom. The molecule has 3 heterocycles. The number of hydrogen-bond acceptors (Lipinski definition) is 7. The van der Waals surface area contributed by atoms with Crippen LogP contribution in [0, 0.1) is 5.41 Å². The first kappa shape index (κ1) is 18.4. The molecule has 0 spiro atoms. The number of piperidine rings is 1. The number of phenols is 1. The third-order valence-corrected chi connectivity index (χ3v) is 5.95. The van der Waals surface area contributed by atoms with E-state index in [0.717, 1.165) is 24.9 Å². The summed E-state index contributed by atoms with van der Waals surface area (Å²) in [7, 11) is 2.09. The van der Waals surface area contributed by atoms with Crippen molar-refractivity contribution in [2.24, 2.45) is 5.73 Å². The number of anilines is 1. The number of hydrogen-bond donors (Lipinski definition) is 4. The fraction of sp³-hybridized carbons (Fsp3) is 0.381. The Morgan fingerprint density at radius 3 is 2.54 bits per heavy atom. The van der Waals surface area contributed by atoms with Gasteiger partial charge in [0, 0.05) is 48.7 Å². The lowest BCUT2D eigenvalue weighted by molar-refractivity contribution is 0.353. The van der Waals surface area contributed by atoms with Crippen LogP contribution >= 0.6 is 0 Å². The molecule has 2 aliphatic heterocycles. The average Bonchev–Trinajstić information content (AvgIpc) is 3.06. The Bertz CT molecular complexity index is 882. The van der Waals surface area contributed by atoms with E-state index in [1.807, 2.05) is 18.2 Å². The summed E-state index contributed by atoms with van der Waals surface area (Å²) in [6, 6.07) is 10.8. The molecule has 0 radical (unpaired) electrons. The van der Waals surface area contributed by atoms with E-state index < -0.39 is 0 Å². The molecular formula is C21H26N6O. The highest BCUT2D eigenvalue weighted by Crippen LogP contribution is 2.33. The number of aromatic nitrogens is 2. The fourth-order valence-corrected chi connectivity index (χ4v) is 4.34. The van der Waals surface area contributed by atoms with Crippen LogP contribution in [0.25, 0.3) is 16.8 Å². The van der Waals surface area contributed by atoms with Crippen molar-refractivity contribution in [2.75, 3.05) is 11.9 Å². The van der Waals surface area contributed by atoms with Crippen LogP contribution in [0.2, 0.25) is 0 Å². The van der Waals surface area contributed by atoms with Gasteiger partial charge in [-0.3, -0.25) is 0 Å². The molecule has 0 aliphatic carbocycles. The van der Waals surface area contributed by atoms with Crippen LogP contribution in [0.4, 0.5) is 5.82 Å². The van der Waals surface area contributed by atoms with Gasteiger partial charge >= 0.3 is 0 Å². The summed E-state index contributed by atoms with van der Waals surface area (Å²) in [6.45, 7) is 0. The Labute approximate surface area is 164 Å². The molecule has 1 aromatic heterocycles. The third-order valence-electron chi connectivity index (χ3n) is 5.95. The van der Waals surface area contributed by atoms with Crippen molar-refractivity contribution in [3.8, 4) is 17.0 Å². The molecule has 28 heavy (non-hydrogen) atoms. The molecule has 5 N–H and O–H groups in total. The number of benzene rings is 1. The lowest BCUT2D eigenvalue weighted by Crippen LogP contribution is -2.47. The monoisotopic (exact) mass is 378 g/mol. The highest BCUT2D eigenvalue weighted by molar-refractivity contribution is 6.08. The van der Waals surface area contributed by atoms with Crippen LogP contribution in [0.5, 0.6) is 5.75 Å². The fourth-order valence-electron chi connectivity index (χ4n) is 4.34. The van der Waals surface area contributed by atoms with Crippen molar-refractivity contribution in [2.45, 2.75) is 43.8 Å². The Hall–Kier alpha value is -2.93. The van der Waals surface area contributed by atoms with Crippen molar-refractivity contribution in [3.63, 3.8) is 0 Å². The molecule has 2 saturated heterocycles. The van der Waals surface area contributed by atoms with Crippen LogP contribution < -0.4 is 16.0 Å². The highest BCUT2D eigenvalue weighted by Gasteiger charge is 2.35. The molecule has 2 fully saturated rings. The molecule has 7 nitrogen and oxygen atoms in total. The van der Waals surface area contributed by atoms with E-state index in [0.29, 0.717) is 40.5 Å². The van der Waals surface area contributed by atoms with E-state index in [-0.39, 0.29) is 5.75 Å². The van der Waals surface area contributed by atoms with Gasteiger partial charge in [0.15, 0.2) is 5.82 Å². The van der Waals surface area contributed by atoms with Crippen LogP contribution in [0.3, 0.4) is 0 Å². The summed E-state index contributed by atoms with van der Waals surface area (Å²) in [6.07, 6.45) is 7.33. The molecular weight excluding hydrogens is 352 g/mol. The minimum atomic E-state index is 0.0871. The Morgan fingerprint density at radius 1 is 1.21 bits per heavy atom. The van der Waals surface area contributed by atoms with Gasteiger partial charge in [-0.1, -0.05) is 6.07 Å². The molecule has 2 aliphatic rings. The summed E-state index contributed by atoms with van der Waals surface area (Å²) in [5.41, 5.74) is 7.96. The second kappa shape index (κ2) is 7.59. The van der Waals surface area contributed by atoms with Gasteiger partial charge in [-0.25, -0.2) is 0 Å². The number of rotatable bonds is 5. The Kier molecular flexibility index (Phi) is 5.00. The van der Waals surface area contributed by atoms with Gasteiger partial charge in [0.25, 0.3) is 0 Å². The molecule has 0 amide bonds. The second-order valence-corrected chi connectivity index (χ2v) is 7.65. The smallest absolute Gasteiger partial charge is 0.151 e. The molecule has 2 unspecified atom stereocenters. The van der Waals surface area contributed by atoms with Crippen molar-refractivity contribution < 1.29 is 5.11 Å². The summed E-state index contributed by atoms with van der Waals surface area (Å²) in [5.74, 6) is 0.937. The zero-order valence-electron chi connectivity index (χ0n) is 16.0. The molecule has 146 valence electrons. The number of phenolic OH excluding ortho intramolecular Hbond substituents is 1. The van der Waals surface area contributed by atoms with Gasteiger partial charge in [-0.2, -0.15) is 0 Å². The van der Waals surface area contributed by atoms with Gasteiger partial charge in [0.05, 0.1) is 5.69 Å². The molecule has 2 aromatic rings. The highest BCUT2D eigenvalue weighted by atomic mass is 16.3. The number of fused-ring (bicyclic) bond motifs is 2. The minimum absolute atomic E-state index is 0.0871. The first-order chi connectivity index (χ1) is 13.6. The quantitative estimate of drug-likeness (QED) is 0.595. The number of allylic oxidation sites excluding steroid dienone is 1. The zero-order chi connectivity index (χ0) is 19.7. The first-order valence-corrected chi connectivity index (χ1v) is 9.67. The normalized spacial score (nSPS) is 24.2. The lowest BCUT2D eigenvalue weighted by Gasteiger charge is -2.36. The number of nitrogens with one attached hydrogen (secondary N) is 2. The third kappa shape index (κ3) is 3.45. The Balaban J connectivity index is 1.52. The second-order valence-electron chi connectivity index (χ2n) is 7.65. The van der Waals surface area contributed by atoms with E-state index in [1.165, 1.54) is 19.0 Å². The minimum Gasteiger partial charge on any atom is -0.507 e. The molecule has 7 heteroatoms. The van der Waals surface area contributed by atoms with Crippen LogP contribution in [0.15, 0.2) is 36.5 Å². The average molecular weight is 378 g/mol. The van der Waals surface area contributed by atoms with Gasteiger partial charge in [0.2, 0.25) is 0 Å². The van der Waals surface area contributed by atoms with Gasteiger partial charge in [-0.15, -0.1) is 10.2 Å². The number of aromatic hydroxyl groups is 1. The van der Waals surface area contributed by atoms with Crippen LogP contribution in [-0.2, 0) is 0 Å². The maximum atomic E-state index is 10.4. The number of nitrogens with two attached hydrogens (primary N) is 1. The van der Waals surface area contributed by atoms with Crippen molar-refractivity contribution in [1.82, 2.24) is 15.5 Å². The summed E-state index contributed by atoms with van der Waals surface area (Å²) in [5, 5.41) is 30.2. The standard InChI is InChI=1S/C21H26N6O/c1-27(17-9-15-3-4-16(10-17)24-15)21-7-6-19(25-26-21)18-5-2-13(8-20(18)28)14(11-22)12-23/h2,5-8,11-12,15-17,22,24,28H,3-4,9-10,23H2,1H3. The zero-order valence-corrected chi connectivity index (χ0v) is 16.0. The maximum Gasteiger partial charge on any atom is 0.151 e.